The van der Waals surface area contributed by atoms with Crippen LogP contribution in [0.25, 0.3) is 22.3 Å². The topological polar surface area (TPSA) is 135 Å². The highest BCUT2D eigenvalue weighted by Gasteiger charge is 2.30. The number of carboxylic acid groups (broad SMARTS) is 1. The first-order valence-electron chi connectivity index (χ1n) is 14.1. The van der Waals surface area contributed by atoms with Gasteiger partial charge in [0, 0.05) is 37.3 Å². The van der Waals surface area contributed by atoms with Crippen LogP contribution in [0.3, 0.4) is 0 Å². The highest BCUT2D eigenvalue weighted by atomic mass is 16.5. The largest absolute Gasteiger partial charge is 0.480 e. The molecule has 5 aromatic rings. The number of aliphatic carboxylic acids is 1. The van der Waals surface area contributed by atoms with Gasteiger partial charge in [-0.15, -0.1) is 0 Å². The zero-order valence-corrected chi connectivity index (χ0v) is 23.8. The molecule has 2 amide bonds. The maximum Gasteiger partial charge on any atom is 0.407 e. The van der Waals surface area contributed by atoms with Gasteiger partial charge in [0.05, 0.1) is 11.9 Å². The van der Waals surface area contributed by atoms with Gasteiger partial charge in [0.2, 0.25) is 0 Å². The van der Waals surface area contributed by atoms with Crippen LogP contribution in [0.5, 0.6) is 0 Å². The first kappa shape index (κ1) is 28.4. The summed E-state index contributed by atoms with van der Waals surface area (Å²) in [6, 6.07) is 25.4. The number of fused-ring (bicyclic) bond motifs is 3. The highest BCUT2D eigenvalue weighted by Crippen LogP contribution is 2.44. The lowest BCUT2D eigenvalue weighted by Gasteiger charge is -2.17. The van der Waals surface area contributed by atoms with Crippen molar-refractivity contribution in [3.63, 3.8) is 0 Å². The summed E-state index contributed by atoms with van der Waals surface area (Å²) in [5.41, 5.74) is 7.18. The van der Waals surface area contributed by atoms with Crippen molar-refractivity contribution >= 4 is 23.7 Å². The van der Waals surface area contributed by atoms with Crippen molar-refractivity contribution in [3.8, 4) is 22.3 Å². The fourth-order valence-electron chi connectivity index (χ4n) is 5.53. The molecular formula is C34H29N5O5. The van der Waals surface area contributed by atoms with Crippen molar-refractivity contribution in [2.24, 2.45) is 7.05 Å². The molecule has 2 heterocycles. The van der Waals surface area contributed by atoms with E-state index in [4.69, 9.17) is 4.74 Å². The number of carbonyl (C=O) groups is 3. The maximum absolute atomic E-state index is 12.9. The molecule has 0 fully saturated rings. The van der Waals surface area contributed by atoms with Crippen molar-refractivity contribution in [3.05, 3.63) is 126 Å². The fraction of sp³-hybridized carbons (Fsp3) is 0.147. The number of nitrogens with one attached hydrogen (secondary N) is 2. The molecule has 0 unspecified atom stereocenters. The van der Waals surface area contributed by atoms with Crippen LogP contribution in [0, 0.1) is 0 Å². The number of aromatic nitrogens is 3. The number of aryl methyl sites for hydroxylation is 1. The molecule has 10 heteroatoms. The molecule has 3 N–H and O–H groups in total. The zero-order chi connectivity index (χ0) is 30.6. The molecule has 3 aromatic carbocycles. The van der Waals surface area contributed by atoms with Crippen molar-refractivity contribution < 1.29 is 24.2 Å². The third kappa shape index (κ3) is 5.91. The number of carbonyl (C=O) groups excluding carboxylic acids is 2. The van der Waals surface area contributed by atoms with Gasteiger partial charge in [0.25, 0.3) is 5.91 Å². The Balaban J connectivity index is 1.10. The van der Waals surface area contributed by atoms with Gasteiger partial charge in [-0.25, -0.2) is 9.59 Å². The molecule has 0 saturated carbocycles. The molecule has 1 aliphatic rings. The van der Waals surface area contributed by atoms with Gasteiger partial charge in [0.15, 0.2) is 5.69 Å². The summed E-state index contributed by atoms with van der Waals surface area (Å²) in [7, 11) is 1.73. The van der Waals surface area contributed by atoms with E-state index < -0.39 is 18.1 Å². The Morgan fingerprint density at radius 3 is 2.23 bits per heavy atom. The monoisotopic (exact) mass is 587 g/mol. The van der Waals surface area contributed by atoms with Crippen LogP contribution in [0.1, 0.15) is 33.1 Å². The number of benzene rings is 3. The minimum Gasteiger partial charge on any atom is -0.480 e. The third-order valence-electron chi connectivity index (χ3n) is 7.60. The van der Waals surface area contributed by atoms with Gasteiger partial charge in [-0.05, 0) is 45.5 Å². The third-order valence-corrected chi connectivity index (χ3v) is 7.60. The number of alkyl carbamates (subject to hydrolysis) is 1. The molecular weight excluding hydrogens is 558 g/mol. The van der Waals surface area contributed by atoms with E-state index in [1.165, 1.54) is 0 Å². The minimum atomic E-state index is -1.20. The average Bonchev–Trinajstić information content (AvgIpc) is 3.58. The summed E-state index contributed by atoms with van der Waals surface area (Å²) in [6.45, 7) is 0.0860. The second-order valence-corrected chi connectivity index (χ2v) is 10.5. The normalized spacial score (nSPS) is 12.6. The Morgan fingerprint density at radius 1 is 0.909 bits per heavy atom. The number of nitrogens with zero attached hydrogens (tertiary/aromatic N) is 3. The number of hydrogen-bond acceptors (Lipinski definition) is 6. The summed E-state index contributed by atoms with van der Waals surface area (Å²) < 4.78 is 7.11. The molecule has 0 aliphatic heterocycles. The summed E-state index contributed by atoms with van der Waals surface area (Å²) in [5, 5.41) is 19.5. The van der Waals surface area contributed by atoms with Crippen LogP contribution in [0.2, 0.25) is 0 Å². The Kier molecular flexibility index (Phi) is 7.88. The van der Waals surface area contributed by atoms with Crippen LogP contribution >= 0.6 is 0 Å². The Hall–Kier alpha value is -5.77. The molecule has 10 nitrogen and oxygen atoms in total. The van der Waals surface area contributed by atoms with Crippen LogP contribution in [0.15, 0.2) is 104 Å². The molecule has 1 atom stereocenters. The summed E-state index contributed by atoms with van der Waals surface area (Å²) in [6.07, 6.45) is 4.15. The van der Waals surface area contributed by atoms with Crippen molar-refractivity contribution in [1.29, 1.82) is 0 Å². The Bertz CT molecular complexity index is 1790. The predicted octanol–water partition coefficient (Wildman–Crippen LogP) is 5.27. The number of rotatable bonds is 9. The summed E-state index contributed by atoms with van der Waals surface area (Å²) in [5.74, 6) is -1.69. The highest BCUT2D eigenvalue weighted by molar-refractivity contribution is 6.07. The molecule has 0 bridgehead atoms. The number of pyridine rings is 1. The van der Waals surface area contributed by atoms with Crippen LogP contribution in [-0.4, -0.2) is 50.5 Å². The van der Waals surface area contributed by atoms with Crippen molar-refractivity contribution in [1.82, 2.24) is 20.1 Å². The number of amides is 2. The summed E-state index contributed by atoms with van der Waals surface area (Å²) in [4.78, 5) is 41.8. The number of carboxylic acids is 1. The molecule has 1 aliphatic carbocycles. The lowest BCUT2D eigenvalue weighted by atomic mass is 9.98. The van der Waals surface area contributed by atoms with E-state index in [9.17, 15) is 19.5 Å². The van der Waals surface area contributed by atoms with E-state index in [2.05, 4.69) is 20.7 Å². The zero-order valence-electron chi connectivity index (χ0n) is 23.8. The molecule has 2 aromatic heterocycles. The van der Waals surface area contributed by atoms with Crippen LogP contribution in [-0.2, 0) is 23.0 Å². The van der Waals surface area contributed by atoms with E-state index in [-0.39, 0.29) is 30.5 Å². The first-order chi connectivity index (χ1) is 21.4. The SMILES string of the molecule is Cn1cc(-c2ccc(C[C@H](NC(=O)OCC3c4ccccc4-c4ccccc43)C(=O)O)cc2)c(C(=O)Nc2cccnc2)n1. The maximum atomic E-state index is 12.9. The average molecular weight is 588 g/mol. The lowest BCUT2D eigenvalue weighted by molar-refractivity contribution is -0.139. The smallest absolute Gasteiger partial charge is 0.407 e. The molecule has 0 spiro atoms. The van der Waals surface area contributed by atoms with E-state index in [0.29, 0.717) is 16.8 Å². The van der Waals surface area contributed by atoms with Gasteiger partial charge >= 0.3 is 12.1 Å². The standard InChI is InChI=1S/C34H29N5O5/c1-39-19-28(31(38-39)32(40)36-23-7-6-16-35-18-23)22-14-12-21(13-15-22)17-30(33(41)42)37-34(43)44-20-29-26-10-4-2-8-24(26)25-9-3-5-11-27(25)29/h2-16,18-19,29-30H,17,20H2,1H3,(H,36,40)(H,37,43)(H,41,42)/t30-/m0/s1. The van der Waals surface area contributed by atoms with Crippen LogP contribution in [0.4, 0.5) is 10.5 Å². The minimum absolute atomic E-state index is 0.0429. The van der Waals surface area contributed by atoms with Gasteiger partial charge in [-0.1, -0.05) is 72.8 Å². The van der Waals surface area contributed by atoms with Crippen LogP contribution < -0.4 is 10.6 Å². The van der Waals surface area contributed by atoms with Crippen molar-refractivity contribution in [2.75, 3.05) is 11.9 Å². The fourth-order valence-corrected chi connectivity index (χ4v) is 5.53. The molecule has 0 saturated heterocycles. The quantitative estimate of drug-likeness (QED) is 0.214. The second kappa shape index (κ2) is 12.2. The van der Waals surface area contributed by atoms with Crippen molar-refractivity contribution in [2.45, 2.75) is 18.4 Å². The van der Waals surface area contributed by atoms with E-state index in [1.807, 2.05) is 48.5 Å². The Morgan fingerprint density at radius 2 is 1.59 bits per heavy atom. The first-order valence-corrected chi connectivity index (χ1v) is 14.1. The van der Waals surface area contributed by atoms with Gasteiger partial charge in [-0.2, -0.15) is 5.10 Å². The van der Waals surface area contributed by atoms with Gasteiger partial charge < -0.3 is 20.5 Å². The molecule has 6 rings (SSSR count). The molecule has 44 heavy (non-hydrogen) atoms. The second-order valence-electron chi connectivity index (χ2n) is 10.5. The van der Waals surface area contributed by atoms with E-state index >= 15 is 0 Å². The number of anilines is 1. The number of hydrogen-bond donors (Lipinski definition) is 3. The lowest BCUT2D eigenvalue weighted by Crippen LogP contribution is -2.42. The predicted molar refractivity (Wildman–Crippen MR) is 164 cm³/mol. The molecule has 0 radical (unpaired) electrons. The van der Waals surface area contributed by atoms with E-state index in [1.54, 1.807) is 66.7 Å². The Labute approximate surface area is 253 Å². The van der Waals surface area contributed by atoms with E-state index in [0.717, 1.165) is 27.8 Å². The summed E-state index contributed by atoms with van der Waals surface area (Å²) >= 11 is 0. The molecule has 220 valence electrons. The number of ether oxygens (including phenoxy) is 1. The van der Waals surface area contributed by atoms with Gasteiger partial charge in [0.1, 0.15) is 12.6 Å². The van der Waals surface area contributed by atoms with Gasteiger partial charge in [-0.3, -0.25) is 14.5 Å².